The number of nitrogens with zero attached hydrogens (tertiary/aromatic N) is 3. The molecule has 0 aliphatic carbocycles. The summed E-state index contributed by atoms with van der Waals surface area (Å²) < 4.78 is 4.54. The van der Waals surface area contributed by atoms with Crippen molar-refractivity contribution in [2.75, 3.05) is 20.2 Å². The number of methoxy groups -OCH3 is 1. The number of hydrogen-bond donors (Lipinski definition) is 2. The van der Waals surface area contributed by atoms with Crippen LogP contribution >= 0.6 is 0 Å². The molecule has 0 radical (unpaired) electrons. The predicted octanol–water partition coefficient (Wildman–Crippen LogP) is 0.589. The molecule has 0 heterocycles. The fourth-order valence-corrected chi connectivity index (χ4v) is 1.19. The van der Waals surface area contributed by atoms with Gasteiger partial charge >= 0.3 is 5.97 Å². The summed E-state index contributed by atoms with van der Waals surface area (Å²) in [5, 5.41) is 15.6. The smallest absolute Gasteiger partial charge is 0.325 e. The van der Waals surface area contributed by atoms with Gasteiger partial charge in [0.1, 0.15) is 6.04 Å². The Balaban J connectivity index is 3.77. The zero-order valence-electron chi connectivity index (χ0n) is 9.59. The average molecular weight is 230 g/mol. The maximum atomic E-state index is 11.2. The molecule has 0 amide bonds. The molecule has 0 bridgehead atoms. The minimum absolute atomic E-state index is 0.440. The molecule has 0 saturated carbocycles. The van der Waals surface area contributed by atoms with E-state index in [1.807, 2.05) is 0 Å². The maximum Gasteiger partial charge on any atom is 0.325 e. The molecule has 0 aliphatic heterocycles. The molecule has 0 aromatic rings. The molecule has 0 aromatic heterocycles. The highest BCUT2D eigenvalue weighted by Crippen LogP contribution is 1.97. The normalized spacial score (nSPS) is 13.7. The molecule has 0 aliphatic rings. The van der Waals surface area contributed by atoms with E-state index in [9.17, 15) is 9.90 Å². The minimum atomic E-state index is -0.801. The van der Waals surface area contributed by atoms with Crippen LogP contribution in [0.2, 0.25) is 0 Å². The van der Waals surface area contributed by atoms with Crippen molar-refractivity contribution in [3.8, 4) is 0 Å². The van der Waals surface area contributed by atoms with Crippen molar-refractivity contribution in [1.29, 1.82) is 0 Å². The summed E-state index contributed by atoms with van der Waals surface area (Å²) in [5.74, 6) is -0.481. The highest BCUT2D eigenvalue weighted by Gasteiger charge is 2.23. The standard InChI is InChI=1S/C9H18N4O3/c1-7(14)8(9(15)16-2)11-5-3-4-6-12-13-10/h7-8,11,14H,3-6H2,1-2H3/t7-,8+/m1/s1. The first-order valence-electron chi connectivity index (χ1n) is 5.13. The number of carbonyl (C=O) groups excluding carboxylic acids is 1. The van der Waals surface area contributed by atoms with Gasteiger partial charge in [-0.3, -0.25) is 4.79 Å². The largest absolute Gasteiger partial charge is 0.468 e. The average Bonchev–Trinajstić information content (AvgIpc) is 2.26. The van der Waals surface area contributed by atoms with Crippen LogP contribution in [0.5, 0.6) is 0 Å². The van der Waals surface area contributed by atoms with Crippen molar-refractivity contribution in [3.63, 3.8) is 0 Å². The lowest BCUT2D eigenvalue weighted by atomic mass is 10.2. The molecule has 0 saturated heterocycles. The van der Waals surface area contributed by atoms with Gasteiger partial charge in [-0.05, 0) is 31.8 Å². The van der Waals surface area contributed by atoms with Crippen LogP contribution in [0.4, 0.5) is 0 Å². The van der Waals surface area contributed by atoms with Gasteiger partial charge in [0.2, 0.25) is 0 Å². The van der Waals surface area contributed by atoms with E-state index < -0.39 is 18.1 Å². The zero-order valence-corrected chi connectivity index (χ0v) is 9.59. The van der Waals surface area contributed by atoms with Gasteiger partial charge < -0.3 is 15.2 Å². The fraction of sp³-hybridized carbons (Fsp3) is 0.889. The number of ether oxygens (including phenoxy) is 1. The van der Waals surface area contributed by atoms with E-state index in [4.69, 9.17) is 5.53 Å². The van der Waals surface area contributed by atoms with Gasteiger partial charge in [-0.15, -0.1) is 0 Å². The summed E-state index contributed by atoms with van der Waals surface area (Å²) in [7, 11) is 1.28. The van der Waals surface area contributed by atoms with Gasteiger partial charge in [0, 0.05) is 11.5 Å². The van der Waals surface area contributed by atoms with Crippen LogP contribution in [-0.2, 0) is 9.53 Å². The number of rotatable bonds is 8. The Morgan fingerprint density at radius 2 is 2.31 bits per heavy atom. The van der Waals surface area contributed by atoms with Gasteiger partial charge in [0.05, 0.1) is 13.2 Å². The Hall–Kier alpha value is -1.30. The second kappa shape index (κ2) is 8.96. The lowest BCUT2D eigenvalue weighted by molar-refractivity contribution is -0.145. The monoisotopic (exact) mass is 230 g/mol. The highest BCUT2D eigenvalue weighted by molar-refractivity contribution is 5.76. The second-order valence-corrected chi connectivity index (χ2v) is 3.36. The fourth-order valence-electron chi connectivity index (χ4n) is 1.19. The van der Waals surface area contributed by atoms with E-state index in [-0.39, 0.29) is 0 Å². The number of hydrogen-bond acceptors (Lipinski definition) is 5. The van der Waals surface area contributed by atoms with Crippen LogP contribution in [0.3, 0.4) is 0 Å². The lowest BCUT2D eigenvalue weighted by Crippen LogP contribution is -2.45. The summed E-state index contributed by atoms with van der Waals surface area (Å²) in [4.78, 5) is 13.8. The third-order valence-electron chi connectivity index (χ3n) is 2.05. The van der Waals surface area contributed by atoms with E-state index in [0.717, 1.165) is 12.8 Å². The van der Waals surface area contributed by atoms with Crippen LogP contribution in [0, 0.1) is 0 Å². The number of unbranched alkanes of at least 4 members (excludes halogenated alkanes) is 1. The Labute approximate surface area is 94.4 Å². The lowest BCUT2D eigenvalue weighted by Gasteiger charge is -2.18. The van der Waals surface area contributed by atoms with Gasteiger partial charge in [0.25, 0.3) is 0 Å². The Morgan fingerprint density at radius 1 is 1.62 bits per heavy atom. The van der Waals surface area contributed by atoms with E-state index in [1.54, 1.807) is 0 Å². The van der Waals surface area contributed by atoms with E-state index in [2.05, 4.69) is 20.1 Å². The summed E-state index contributed by atoms with van der Waals surface area (Å²) in [5.41, 5.74) is 8.04. The van der Waals surface area contributed by atoms with Gasteiger partial charge in [-0.1, -0.05) is 5.11 Å². The van der Waals surface area contributed by atoms with Gasteiger partial charge in [-0.25, -0.2) is 0 Å². The van der Waals surface area contributed by atoms with Crippen LogP contribution in [0.25, 0.3) is 10.4 Å². The molecule has 0 spiro atoms. The highest BCUT2D eigenvalue weighted by atomic mass is 16.5. The van der Waals surface area contributed by atoms with Crippen molar-refractivity contribution in [1.82, 2.24) is 5.32 Å². The van der Waals surface area contributed by atoms with E-state index in [1.165, 1.54) is 14.0 Å². The first-order valence-corrected chi connectivity index (χ1v) is 5.13. The van der Waals surface area contributed by atoms with Crippen molar-refractivity contribution in [2.45, 2.75) is 31.9 Å². The van der Waals surface area contributed by atoms with Crippen LogP contribution in [0.1, 0.15) is 19.8 Å². The van der Waals surface area contributed by atoms with Crippen molar-refractivity contribution in [3.05, 3.63) is 10.4 Å². The third-order valence-corrected chi connectivity index (χ3v) is 2.05. The minimum Gasteiger partial charge on any atom is -0.468 e. The number of aliphatic hydroxyl groups is 1. The number of esters is 1. The van der Waals surface area contributed by atoms with Crippen LogP contribution in [0.15, 0.2) is 5.11 Å². The third kappa shape index (κ3) is 6.23. The molecule has 7 nitrogen and oxygen atoms in total. The molecule has 7 heteroatoms. The summed E-state index contributed by atoms with van der Waals surface area (Å²) in [6, 6.07) is -0.704. The molecule has 0 aromatic carbocycles. The quantitative estimate of drug-likeness (QED) is 0.209. The molecular formula is C9H18N4O3. The number of aliphatic hydroxyl groups excluding tert-OH is 1. The molecule has 16 heavy (non-hydrogen) atoms. The number of carbonyl (C=O) groups is 1. The van der Waals surface area contributed by atoms with Crippen LogP contribution in [-0.4, -0.2) is 43.4 Å². The molecule has 0 unspecified atom stereocenters. The molecule has 2 atom stereocenters. The molecular weight excluding hydrogens is 212 g/mol. The zero-order chi connectivity index (χ0) is 12.4. The number of nitrogens with one attached hydrogen (secondary N) is 1. The first-order chi connectivity index (χ1) is 7.63. The second-order valence-electron chi connectivity index (χ2n) is 3.36. The van der Waals surface area contributed by atoms with Crippen molar-refractivity contribution in [2.24, 2.45) is 5.11 Å². The molecule has 92 valence electrons. The maximum absolute atomic E-state index is 11.2. The summed E-state index contributed by atoms with van der Waals surface area (Å²) >= 11 is 0. The Bertz CT molecular complexity index is 251. The SMILES string of the molecule is COC(=O)[C@@H](NCCCCN=[N+]=[N-])[C@@H](C)O. The Kier molecular flexibility index (Phi) is 8.24. The van der Waals surface area contributed by atoms with Gasteiger partial charge in [-0.2, -0.15) is 0 Å². The van der Waals surface area contributed by atoms with E-state index >= 15 is 0 Å². The number of azide groups is 1. The summed E-state index contributed by atoms with van der Waals surface area (Å²) in [6.45, 7) is 2.52. The molecule has 0 fully saturated rings. The van der Waals surface area contributed by atoms with Crippen molar-refractivity contribution >= 4 is 5.97 Å². The topological polar surface area (TPSA) is 107 Å². The predicted molar refractivity (Wildman–Crippen MR) is 58.7 cm³/mol. The first kappa shape index (κ1) is 14.7. The summed E-state index contributed by atoms with van der Waals surface area (Å²) in [6.07, 6.45) is 0.703. The van der Waals surface area contributed by atoms with Crippen molar-refractivity contribution < 1.29 is 14.6 Å². The molecule has 0 rings (SSSR count). The molecule has 2 N–H and O–H groups in total. The van der Waals surface area contributed by atoms with Crippen LogP contribution < -0.4 is 5.32 Å². The van der Waals surface area contributed by atoms with Gasteiger partial charge in [0.15, 0.2) is 0 Å². The Morgan fingerprint density at radius 3 is 2.81 bits per heavy atom. The van der Waals surface area contributed by atoms with E-state index in [0.29, 0.717) is 13.1 Å².